The van der Waals surface area contributed by atoms with Gasteiger partial charge in [0, 0.05) is 4.47 Å². The van der Waals surface area contributed by atoms with Gasteiger partial charge in [0.15, 0.2) is 0 Å². The molecule has 4 nitrogen and oxygen atoms in total. The molecule has 2 amide bonds. The van der Waals surface area contributed by atoms with Crippen LogP contribution in [-0.4, -0.2) is 23.3 Å². The first-order valence-electron chi connectivity index (χ1n) is 6.73. The smallest absolute Gasteiger partial charge is 0.234 e. The van der Waals surface area contributed by atoms with E-state index in [9.17, 15) is 14.0 Å². The molecule has 2 N–H and O–H groups in total. The second-order valence-electron chi connectivity index (χ2n) is 4.55. The van der Waals surface area contributed by atoms with Crippen molar-refractivity contribution in [3.63, 3.8) is 0 Å². The van der Waals surface area contributed by atoms with Crippen LogP contribution in [0.4, 0.5) is 15.8 Å². The Labute approximate surface area is 146 Å². The molecule has 7 heteroatoms. The van der Waals surface area contributed by atoms with Gasteiger partial charge < -0.3 is 10.6 Å². The SMILES string of the molecule is O=C(CSCC(=O)Nc1ccccc1Br)Nc1ccccc1F. The summed E-state index contributed by atoms with van der Waals surface area (Å²) in [5, 5.41) is 5.21. The molecular weight excluding hydrogens is 383 g/mol. The summed E-state index contributed by atoms with van der Waals surface area (Å²) in [4.78, 5) is 23.5. The third-order valence-corrected chi connectivity index (χ3v) is 4.39. The molecule has 0 saturated heterocycles. The number of rotatable bonds is 6. The van der Waals surface area contributed by atoms with Gasteiger partial charge in [-0.05, 0) is 40.2 Å². The minimum Gasteiger partial charge on any atom is -0.324 e. The summed E-state index contributed by atoms with van der Waals surface area (Å²) in [7, 11) is 0. The van der Waals surface area contributed by atoms with Crippen LogP contribution < -0.4 is 10.6 Å². The Balaban J connectivity index is 1.74. The number of thioether (sulfide) groups is 1. The highest BCUT2D eigenvalue weighted by molar-refractivity contribution is 9.10. The zero-order valence-electron chi connectivity index (χ0n) is 12.0. The number of carbonyl (C=O) groups excluding carboxylic acids is 2. The summed E-state index contributed by atoms with van der Waals surface area (Å²) in [6.45, 7) is 0. The molecule has 0 aromatic heterocycles. The van der Waals surface area contributed by atoms with Crippen molar-refractivity contribution in [2.45, 2.75) is 0 Å². The van der Waals surface area contributed by atoms with Gasteiger partial charge >= 0.3 is 0 Å². The first-order chi connectivity index (χ1) is 11.1. The van der Waals surface area contributed by atoms with E-state index < -0.39 is 5.82 Å². The van der Waals surface area contributed by atoms with E-state index in [0.29, 0.717) is 5.69 Å². The molecular formula is C16H14BrFN2O2S. The van der Waals surface area contributed by atoms with E-state index in [1.54, 1.807) is 18.2 Å². The number of hydrogen-bond acceptors (Lipinski definition) is 3. The largest absolute Gasteiger partial charge is 0.324 e. The molecule has 2 aromatic carbocycles. The maximum absolute atomic E-state index is 13.4. The Morgan fingerprint density at radius 1 is 0.913 bits per heavy atom. The molecule has 0 aliphatic rings. The highest BCUT2D eigenvalue weighted by Gasteiger charge is 2.09. The molecule has 0 spiro atoms. The van der Waals surface area contributed by atoms with E-state index in [1.807, 2.05) is 18.2 Å². The molecule has 0 bridgehead atoms. The standard InChI is InChI=1S/C16H14BrFN2O2S/c17-11-5-1-3-7-13(11)19-15(21)9-23-10-16(22)20-14-8-4-2-6-12(14)18/h1-8H,9-10H2,(H,19,21)(H,20,22). The average Bonchev–Trinajstić information content (AvgIpc) is 2.52. The Kier molecular flexibility index (Phi) is 6.61. The normalized spacial score (nSPS) is 10.2. The number of hydrogen-bond donors (Lipinski definition) is 2. The zero-order chi connectivity index (χ0) is 16.7. The van der Waals surface area contributed by atoms with Crippen LogP contribution in [0.25, 0.3) is 0 Å². The summed E-state index contributed by atoms with van der Waals surface area (Å²) < 4.78 is 14.2. The summed E-state index contributed by atoms with van der Waals surface area (Å²) in [5.41, 5.74) is 0.810. The predicted octanol–water partition coefficient (Wildman–Crippen LogP) is 3.90. The second kappa shape index (κ2) is 8.69. The fraction of sp³-hybridized carbons (Fsp3) is 0.125. The van der Waals surface area contributed by atoms with Crippen LogP contribution in [-0.2, 0) is 9.59 Å². The molecule has 23 heavy (non-hydrogen) atoms. The lowest BCUT2D eigenvalue weighted by Gasteiger charge is -2.08. The molecule has 2 rings (SSSR count). The number of nitrogens with one attached hydrogen (secondary N) is 2. The van der Waals surface area contributed by atoms with Crippen molar-refractivity contribution in [1.82, 2.24) is 0 Å². The summed E-state index contributed by atoms with van der Waals surface area (Å²) in [6, 6.07) is 13.2. The van der Waals surface area contributed by atoms with Crippen LogP contribution in [0.2, 0.25) is 0 Å². The van der Waals surface area contributed by atoms with Crippen molar-refractivity contribution in [1.29, 1.82) is 0 Å². The van der Waals surface area contributed by atoms with Gasteiger partial charge in [0.2, 0.25) is 11.8 Å². The van der Waals surface area contributed by atoms with Crippen molar-refractivity contribution >= 4 is 50.9 Å². The molecule has 0 radical (unpaired) electrons. The van der Waals surface area contributed by atoms with Gasteiger partial charge in [-0.3, -0.25) is 9.59 Å². The summed E-state index contributed by atoms with van der Waals surface area (Å²) >= 11 is 4.50. The quantitative estimate of drug-likeness (QED) is 0.778. The van der Waals surface area contributed by atoms with Crippen molar-refractivity contribution in [2.24, 2.45) is 0 Å². The highest BCUT2D eigenvalue weighted by Crippen LogP contribution is 2.21. The first-order valence-corrected chi connectivity index (χ1v) is 8.67. The molecule has 0 saturated carbocycles. The Hall–Kier alpha value is -1.86. The van der Waals surface area contributed by atoms with Crippen LogP contribution in [0, 0.1) is 5.82 Å². The molecule has 0 aliphatic carbocycles. The van der Waals surface area contributed by atoms with E-state index in [1.165, 1.54) is 12.1 Å². The van der Waals surface area contributed by atoms with Crippen molar-refractivity contribution in [3.8, 4) is 0 Å². The zero-order valence-corrected chi connectivity index (χ0v) is 14.4. The second-order valence-corrected chi connectivity index (χ2v) is 6.39. The van der Waals surface area contributed by atoms with Crippen LogP contribution >= 0.6 is 27.7 Å². The van der Waals surface area contributed by atoms with Crippen LogP contribution in [0.3, 0.4) is 0 Å². The van der Waals surface area contributed by atoms with E-state index in [2.05, 4.69) is 26.6 Å². The lowest BCUT2D eigenvalue weighted by atomic mass is 10.3. The summed E-state index contributed by atoms with van der Waals surface area (Å²) in [5.74, 6) is -0.851. The fourth-order valence-electron chi connectivity index (χ4n) is 1.73. The van der Waals surface area contributed by atoms with E-state index in [-0.39, 0.29) is 29.0 Å². The number of anilines is 2. The van der Waals surface area contributed by atoms with Gasteiger partial charge in [0.1, 0.15) is 5.82 Å². The molecule has 0 fully saturated rings. The predicted molar refractivity (Wildman–Crippen MR) is 95.1 cm³/mol. The van der Waals surface area contributed by atoms with Gasteiger partial charge in [-0.25, -0.2) is 4.39 Å². The van der Waals surface area contributed by atoms with Crippen LogP contribution in [0.5, 0.6) is 0 Å². The summed E-state index contributed by atoms with van der Waals surface area (Å²) in [6.07, 6.45) is 0. The third-order valence-electron chi connectivity index (χ3n) is 2.76. The Morgan fingerprint density at radius 3 is 2.04 bits per heavy atom. The minimum absolute atomic E-state index is 0.0672. The van der Waals surface area contributed by atoms with E-state index in [4.69, 9.17) is 0 Å². The Morgan fingerprint density at radius 2 is 1.43 bits per heavy atom. The molecule has 0 unspecified atom stereocenters. The molecule has 120 valence electrons. The number of halogens is 2. The van der Waals surface area contributed by atoms with E-state index >= 15 is 0 Å². The average molecular weight is 397 g/mol. The lowest BCUT2D eigenvalue weighted by molar-refractivity contribution is -0.114. The minimum atomic E-state index is -0.488. The van der Waals surface area contributed by atoms with Crippen LogP contribution in [0.15, 0.2) is 53.0 Å². The van der Waals surface area contributed by atoms with Crippen molar-refractivity contribution in [2.75, 3.05) is 22.1 Å². The number of carbonyl (C=O) groups is 2. The van der Waals surface area contributed by atoms with Gasteiger partial charge in [-0.2, -0.15) is 0 Å². The van der Waals surface area contributed by atoms with Crippen molar-refractivity contribution < 1.29 is 14.0 Å². The third kappa shape index (κ3) is 5.69. The maximum Gasteiger partial charge on any atom is 0.234 e. The lowest BCUT2D eigenvalue weighted by Crippen LogP contribution is -2.19. The molecule has 0 heterocycles. The Bertz CT molecular complexity index is 652. The molecule has 2 aromatic rings. The van der Waals surface area contributed by atoms with E-state index in [0.717, 1.165) is 16.2 Å². The van der Waals surface area contributed by atoms with Gasteiger partial charge in [0.05, 0.1) is 22.9 Å². The highest BCUT2D eigenvalue weighted by atomic mass is 79.9. The van der Waals surface area contributed by atoms with Gasteiger partial charge in [-0.15, -0.1) is 11.8 Å². The topological polar surface area (TPSA) is 58.2 Å². The first kappa shape index (κ1) is 17.5. The monoisotopic (exact) mass is 396 g/mol. The van der Waals surface area contributed by atoms with Gasteiger partial charge in [0.25, 0.3) is 0 Å². The molecule has 0 atom stereocenters. The number of amides is 2. The van der Waals surface area contributed by atoms with Crippen LogP contribution in [0.1, 0.15) is 0 Å². The number of para-hydroxylation sites is 2. The van der Waals surface area contributed by atoms with Crippen molar-refractivity contribution in [3.05, 3.63) is 58.8 Å². The molecule has 0 aliphatic heterocycles. The fourth-order valence-corrected chi connectivity index (χ4v) is 2.74. The number of benzene rings is 2. The van der Waals surface area contributed by atoms with Gasteiger partial charge in [-0.1, -0.05) is 24.3 Å². The maximum atomic E-state index is 13.4.